The molecule has 0 aliphatic heterocycles. The molecule has 27 heavy (non-hydrogen) atoms. The van der Waals surface area contributed by atoms with Gasteiger partial charge in [-0.15, -0.1) is 0 Å². The van der Waals surface area contributed by atoms with E-state index in [9.17, 15) is 14.4 Å². The van der Waals surface area contributed by atoms with Gasteiger partial charge in [-0.05, 0) is 53.7 Å². The summed E-state index contributed by atoms with van der Waals surface area (Å²) in [6, 6.07) is 3.72. The van der Waals surface area contributed by atoms with Crippen LogP contribution in [0.2, 0.25) is 0 Å². The number of hydrogen-bond acceptors (Lipinski definition) is 6. The second-order valence-corrected chi connectivity index (χ2v) is 8.06. The Labute approximate surface area is 157 Å². The van der Waals surface area contributed by atoms with Gasteiger partial charge >= 0.3 is 12.1 Å². The summed E-state index contributed by atoms with van der Waals surface area (Å²) >= 11 is 0. The summed E-state index contributed by atoms with van der Waals surface area (Å²) in [6.45, 7) is 10.2. The van der Waals surface area contributed by atoms with E-state index in [2.05, 4.69) is 10.3 Å². The zero-order valence-electron chi connectivity index (χ0n) is 16.4. The Hall–Kier alpha value is -2.90. The SMILES string of the molecule is CC(C)(C)OC(=O)NC(C(=O)OC(C)(C)C)c1cnc2ccccn2c1=O. The quantitative estimate of drug-likeness (QED) is 0.828. The number of carbonyl (C=O) groups excluding carboxylic acids is 2. The first kappa shape index (κ1) is 20.4. The van der Waals surface area contributed by atoms with Gasteiger partial charge in [-0.2, -0.15) is 0 Å². The highest BCUT2D eigenvalue weighted by Crippen LogP contribution is 2.17. The smallest absolute Gasteiger partial charge is 0.408 e. The lowest BCUT2D eigenvalue weighted by molar-refractivity contribution is -0.157. The van der Waals surface area contributed by atoms with Gasteiger partial charge in [0.15, 0.2) is 6.04 Å². The first-order valence-corrected chi connectivity index (χ1v) is 8.56. The number of aromatic nitrogens is 2. The minimum Gasteiger partial charge on any atom is -0.458 e. The Morgan fingerprint density at radius 1 is 1.07 bits per heavy atom. The monoisotopic (exact) mass is 375 g/mol. The molecule has 8 heteroatoms. The Balaban J connectivity index is 2.46. The van der Waals surface area contributed by atoms with Crippen LogP contribution in [-0.4, -0.2) is 32.6 Å². The Bertz CT molecular complexity index is 906. The van der Waals surface area contributed by atoms with Gasteiger partial charge in [-0.25, -0.2) is 14.6 Å². The molecule has 0 saturated heterocycles. The number of rotatable bonds is 3. The van der Waals surface area contributed by atoms with Crippen LogP contribution in [0.1, 0.15) is 53.1 Å². The molecule has 0 saturated carbocycles. The van der Waals surface area contributed by atoms with Crippen LogP contribution in [0.3, 0.4) is 0 Å². The lowest BCUT2D eigenvalue weighted by Crippen LogP contribution is -2.43. The van der Waals surface area contributed by atoms with Gasteiger partial charge in [0.05, 0.1) is 5.56 Å². The van der Waals surface area contributed by atoms with Crippen LogP contribution in [0.4, 0.5) is 4.79 Å². The highest BCUT2D eigenvalue weighted by atomic mass is 16.6. The van der Waals surface area contributed by atoms with Crippen molar-refractivity contribution in [2.24, 2.45) is 0 Å². The third-order valence-electron chi connectivity index (χ3n) is 3.25. The van der Waals surface area contributed by atoms with Crippen LogP contribution >= 0.6 is 0 Å². The Kier molecular flexibility index (Phi) is 5.58. The molecule has 1 amide bonds. The Morgan fingerprint density at radius 2 is 1.70 bits per heavy atom. The lowest BCUT2D eigenvalue weighted by atomic mass is 10.1. The van der Waals surface area contributed by atoms with E-state index < -0.39 is 34.9 Å². The number of hydrogen-bond donors (Lipinski definition) is 1. The molecule has 146 valence electrons. The fourth-order valence-electron chi connectivity index (χ4n) is 2.29. The zero-order valence-corrected chi connectivity index (χ0v) is 16.4. The molecule has 1 N–H and O–H groups in total. The molecule has 0 spiro atoms. The number of carbonyl (C=O) groups is 2. The predicted octanol–water partition coefficient (Wildman–Crippen LogP) is 2.60. The summed E-state index contributed by atoms with van der Waals surface area (Å²) in [5.41, 5.74) is -1.64. The minimum atomic E-state index is -1.35. The predicted molar refractivity (Wildman–Crippen MR) is 99.4 cm³/mol. The molecule has 0 bridgehead atoms. The first-order valence-electron chi connectivity index (χ1n) is 8.56. The second-order valence-electron chi connectivity index (χ2n) is 8.06. The highest BCUT2D eigenvalue weighted by molar-refractivity contribution is 5.83. The first-order chi connectivity index (χ1) is 12.4. The molecule has 2 aromatic rings. The van der Waals surface area contributed by atoms with Gasteiger partial charge in [-0.3, -0.25) is 9.20 Å². The largest absolute Gasteiger partial charge is 0.458 e. The molecule has 2 heterocycles. The average molecular weight is 375 g/mol. The molecule has 1 atom stereocenters. The van der Waals surface area contributed by atoms with Gasteiger partial charge in [0, 0.05) is 12.4 Å². The maximum atomic E-state index is 12.8. The van der Waals surface area contributed by atoms with E-state index in [1.165, 1.54) is 16.8 Å². The van der Waals surface area contributed by atoms with Crippen LogP contribution in [0.15, 0.2) is 35.4 Å². The summed E-state index contributed by atoms with van der Waals surface area (Å²) in [4.78, 5) is 41.9. The van der Waals surface area contributed by atoms with Crippen molar-refractivity contribution in [3.05, 3.63) is 46.5 Å². The van der Waals surface area contributed by atoms with E-state index in [-0.39, 0.29) is 5.56 Å². The minimum absolute atomic E-state index is 0.0150. The lowest BCUT2D eigenvalue weighted by Gasteiger charge is -2.26. The maximum Gasteiger partial charge on any atom is 0.408 e. The van der Waals surface area contributed by atoms with E-state index in [0.717, 1.165) is 0 Å². The maximum absolute atomic E-state index is 12.8. The molecular weight excluding hydrogens is 350 g/mol. The highest BCUT2D eigenvalue weighted by Gasteiger charge is 2.32. The number of pyridine rings is 1. The summed E-state index contributed by atoms with van der Waals surface area (Å²) < 4.78 is 11.9. The number of ether oxygens (including phenoxy) is 2. The fourth-order valence-corrected chi connectivity index (χ4v) is 2.29. The molecule has 0 aliphatic carbocycles. The molecule has 8 nitrogen and oxygen atoms in total. The van der Waals surface area contributed by atoms with Crippen molar-refractivity contribution in [2.45, 2.75) is 58.8 Å². The third-order valence-corrected chi connectivity index (χ3v) is 3.25. The van der Waals surface area contributed by atoms with Crippen molar-refractivity contribution in [1.29, 1.82) is 0 Å². The Morgan fingerprint density at radius 3 is 2.30 bits per heavy atom. The van der Waals surface area contributed by atoms with Gasteiger partial charge in [0.2, 0.25) is 0 Å². The molecule has 0 fully saturated rings. The van der Waals surface area contributed by atoms with Gasteiger partial charge in [0.25, 0.3) is 5.56 Å². The van der Waals surface area contributed by atoms with Crippen LogP contribution in [0.25, 0.3) is 5.65 Å². The van der Waals surface area contributed by atoms with Gasteiger partial charge in [0.1, 0.15) is 16.8 Å². The second kappa shape index (κ2) is 7.38. The molecule has 0 aromatic carbocycles. The van der Waals surface area contributed by atoms with Crippen LogP contribution in [0, 0.1) is 0 Å². The number of amides is 1. The fraction of sp³-hybridized carbons (Fsp3) is 0.474. The number of nitrogens with one attached hydrogen (secondary N) is 1. The molecular formula is C19H25N3O5. The van der Waals surface area contributed by atoms with Crippen LogP contribution in [0.5, 0.6) is 0 Å². The van der Waals surface area contributed by atoms with Crippen molar-refractivity contribution in [3.8, 4) is 0 Å². The van der Waals surface area contributed by atoms with Crippen molar-refractivity contribution in [2.75, 3.05) is 0 Å². The van der Waals surface area contributed by atoms with E-state index in [0.29, 0.717) is 5.65 Å². The van der Waals surface area contributed by atoms with Crippen LogP contribution in [-0.2, 0) is 14.3 Å². The van der Waals surface area contributed by atoms with E-state index in [4.69, 9.17) is 9.47 Å². The van der Waals surface area contributed by atoms with E-state index in [1.54, 1.807) is 59.7 Å². The normalized spacial score (nSPS) is 13.1. The van der Waals surface area contributed by atoms with Gasteiger partial charge < -0.3 is 14.8 Å². The standard InChI is InChI=1S/C19H25N3O5/c1-18(2,3)26-16(24)14(21-17(25)27-19(4,5)6)12-11-20-13-9-7-8-10-22(13)15(12)23/h7-11,14H,1-6H3,(H,21,25). The molecule has 2 rings (SSSR count). The molecule has 2 aromatic heterocycles. The van der Waals surface area contributed by atoms with E-state index >= 15 is 0 Å². The summed E-state index contributed by atoms with van der Waals surface area (Å²) in [7, 11) is 0. The third kappa shape index (κ3) is 5.54. The topological polar surface area (TPSA) is 99.0 Å². The number of esters is 1. The number of fused-ring (bicyclic) bond motifs is 1. The van der Waals surface area contributed by atoms with Crippen molar-refractivity contribution in [1.82, 2.24) is 14.7 Å². The molecule has 0 radical (unpaired) electrons. The van der Waals surface area contributed by atoms with Crippen molar-refractivity contribution >= 4 is 17.7 Å². The average Bonchev–Trinajstić information content (AvgIpc) is 2.50. The molecule has 0 aliphatic rings. The zero-order chi connectivity index (χ0) is 20.4. The number of nitrogens with zero attached hydrogens (tertiary/aromatic N) is 2. The molecule has 1 unspecified atom stereocenters. The van der Waals surface area contributed by atoms with E-state index in [1.807, 2.05) is 0 Å². The van der Waals surface area contributed by atoms with Crippen molar-refractivity contribution in [3.63, 3.8) is 0 Å². The summed E-state index contributed by atoms with van der Waals surface area (Å²) in [5.74, 6) is -0.775. The van der Waals surface area contributed by atoms with Gasteiger partial charge in [-0.1, -0.05) is 6.07 Å². The summed E-state index contributed by atoms with van der Waals surface area (Å²) in [5, 5.41) is 2.43. The number of alkyl carbamates (subject to hydrolysis) is 1. The summed E-state index contributed by atoms with van der Waals surface area (Å²) in [6.07, 6.45) is 1.97. The van der Waals surface area contributed by atoms with Crippen LogP contribution < -0.4 is 10.9 Å². The van der Waals surface area contributed by atoms with Crippen molar-refractivity contribution < 1.29 is 19.1 Å².